The predicted molar refractivity (Wildman–Crippen MR) is 127 cm³/mol. The molecule has 0 aliphatic carbocycles. The number of para-hydroxylation sites is 2. The molecule has 0 bridgehead atoms. The number of pyridine rings is 1. The number of nitrogens with one attached hydrogen (secondary N) is 1. The van der Waals surface area contributed by atoms with Gasteiger partial charge in [-0.05, 0) is 12.1 Å². The normalized spacial score (nSPS) is 12.2. The first-order valence-electron chi connectivity index (χ1n) is 9.94. The Balaban J connectivity index is 0.000000197. The smallest absolute Gasteiger partial charge is 0.336 e. The van der Waals surface area contributed by atoms with Crippen molar-refractivity contribution < 1.29 is 31.7 Å². The molecule has 9 nitrogen and oxygen atoms in total. The number of aromatic nitrogens is 1. The van der Waals surface area contributed by atoms with Crippen LogP contribution in [0.25, 0.3) is 22.2 Å². The van der Waals surface area contributed by atoms with E-state index in [0.717, 1.165) is 5.56 Å². The zero-order valence-electron chi connectivity index (χ0n) is 18.0. The van der Waals surface area contributed by atoms with Crippen molar-refractivity contribution in [3.63, 3.8) is 0 Å². The van der Waals surface area contributed by atoms with Gasteiger partial charge in [0.05, 0.1) is 16.8 Å². The maximum absolute atomic E-state index is 11.4. The molecule has 0 aliphatic heterocycles. The Morgan fingerprint density at radius 2 is 1.56 bits per heavy atom. The minimum atomic E-state index is -4.92. The molecule has 0 saturated carbocycles. The van der Waals surface area contributed by atoms with Gasteiger partial charge in [0.2, 0.25) is 0 Å². The number of hydrogen-bond acceptors (Lipinski definition) is 6. The number of carboxylic acid groups (broad SMARTS) is 1. The summed E-state index contributed by atoms with van der Waals surface area (Å²) in [5.41, 5.74) is 2.72. The largest absolute Gasteiger partial charge is 0.478 e. The minimum Gasteiger partial charge on any atom is -0.478 e. The molecule has 1 atom stereocenters. The van der Waals surface area contributed by atoms with Crippen molar-refractivity contribution in [3.8, 4) is 11.3 Å². The molecule has 4 aromatic rings. The van der Waals surface area contributed by atoms with Crippen LogP contribution in [0.5, 0.6) is 0 Å². The van der Waals surface area contributed by atoms with E-state index in [4.69, 9.17) is 5.26 Å². The van der Waals surface area contributed by atoms with Crippen LogP contribution in [0.15, 0.2) is 84.9 Å². The number of fused-ring (bicyclic) bond motifs is 1. The molecule has 10 heteroatoms. The van der Waals surface area contributed by atoms with Gasteiger partial charge in [-0.3, -0.25) is 0 Å². The molecular formula is C24H21AsN2O7. The van der Waals surface area contributed by atoms with E-state index in [9.17, 15) is 22.5 Å². The number of carbonyl (C=O) groups is 2. The Bertz CT molecular complexity index is 1380. The summed E-state index contributed by atoms with van der Waals surface area (Å²) in [4.78, 5) is 26.7. The molecule has 1 heterocycles. The number of rotatable bonds is 5. The SMILES string of the molecule is CC(=O)Nc1ccccc1[As](=O)(O)OO.O=C(O)c1cc(-c2ccccc2)nc2ccccc12. The van der Waals surface area contributed by atoms with E-state index in [-0.39, 0.29) is 21.5 Å². The first-order chi connectivity index (χ1) is 16.2. The summed E-state index contributed by atoms with van der Waals surface area (Å²) < 4.78 is 24.1. The summed E-state index contributed by atoms with van der Waals surface area (Å²) in [6.07, 6.45) is 0. The molecule has 34 heavy (non-hydrogen) atoms. The maximum atomic E-state index is 11.4. The van der Waals surface area contributed by atoms with Crippen LogP contribution < -0.4 is 9.67 Å². The molecule has 4 rings (SSSR count). The number of anilines is 1. The molecule has 3 aromatic carbocycles. The Hall–Kier alpha value is -3.75. The van der Waals surface area contributed by atoms with Crippen LogP contribution in [-0.2, 0) is 12.4 Å². The van der Waals surface area contributed by atoms with Gasteiger partial charge in [0, 0.05) is 10.9 Å². The van der Waals surface area contributed by atoms with E-state index in [2.05, 4.69) is 14.2 Å². The summed E-state index contributed by atoms with van der Waals surface area (Å²) in [6.45, 7) is 1.27. The minimum absolute atomic E-state index is 0.103. The van der Waals surface area contributed by atoms with Gasteiger partial charge in [-0.15, -0.1) is 0 Å². The van der Waals surface area contributed by atoms with Gasteiger partial charge in [-0.2, -0.15) is 0 Å². The molecular weight excluding hydrogens is 503 g/mol. The van der Waals surface area contributed by atoms with Crippen molar-refractivity contribution in [3.05, 3.63) is 90.5 Å². The van der Waals surface area contributed by atoms with Crippen molar-refractivity contribution in [1.82, 2.24) is 4.98 Å². The summed E-state index contributed by atoms with van der Waals surface area (Å²) >= 11 is -4.92. The fraction of sp³-hybridized carbons (Fsp3) is 0.0417. The number of carboxylic acids is 1. The molecule has 1 amide bonds. The van der Waals surface area contributed by atoms with E-state index >= 15 is 0 Å². The summed E-state index contributed by atoms with van der Waals surface area (Å²) in [7, 11) is 0. The summed E-state index contributed by atoms with van der Waals surface area (Å²) in [6, 6.07) is 24.3. The van der Waals surface area contributed by atoms with Crippen LogP contribution in [0.1, 0.15) is 17.3 Å². The van der Waals surface area contributed by atoms with Gasteiger partial charge >= 0.3 is 94.4 Å². The van der Waals surface area contributed by atoms with Crippen LogP contribution in [-0.4, -0.2) is 45.5 Å². The van der Waals surface area contributed by atoms with E-state index in [1.807, 2.05) is 48.5 Å². The predicted octanol–water partition coefficient (Wildman–Crippen LogP) is 3.30. The second-order valence-corrected chi connectivity index (χ2v) is 10.6. The fourth-order valence-corrected chi connectivity index (χ4v) is 4.84. The number of amides is 1. The van der Waals surface area contributed by atoms with Crippen molar-refractivity contribution >= 4 is 47.0 Å². The van der Waals surface area contributed by atoms with Crippen molar-refractivity contribution in [2.24, 2.45) is 0 Å². The Labute approximate surface area is 197 Å². The van der Waals surface area contributed by atoms with Crippen LogP contribution in [0.2, 0.25) is 0 Å². The zero-order valence-corrected chi connectivity index (χ0v) is 19.8. The Morgan fingerprint density at radius 3 is 2.21 bits per heavy atom. The molecule has 174 valence electrons. The van der Waals surface area contributed by atoms with Gasteiger partial charge in [-0.1, -0.05) is 48.5 Å². The first kappa shape index (κ1) is 24.9. The standard InChI is InChI=1S/C16H11NO2.C8H10AsNO5/c18-16(19)13-10-15(11-6-2-1-3-7-11)17-14-9-5-4-8-12(13)14;1-6(11)10-8-5-3-2-4-7(8)9(12,13)15-14/h1-10H,(H,18,19);2-5,14H,1H3,(H,10,11)(H,12,13). The van der Waals surface area contributed by atoms with Crippen LogP contribution in [0.3, 0.4) is 0 Å². The van der Waals surface area contributed by atoms with E-state index < -0.39 is 20.1 Å². The van der Waals surface area contributed by atoms with Gasteiger partial charge < -0.3 is 5.11 Å². The average Bonchev–Trinajstić information content (AvgIpc) is 2.84. The zero-order chi connectivity index (χ0) is 24.7. The molecule has 1 aromatic heterocycles. The third-order valence-corrected chi connectivity index (χ3v) is 7.21. The fourth-order valence-electron chi connectivity index (χ4n) is 3.17. The third-order valence-electron chi connectivity index (χ3n) is 4.65. The van der Waals surface area contributed by atoms with E-state index in [1.54, 1.807) is 18.2 Å². The second kappa shape index (κ2) is 10.9. The van der Waals surface area contributed by atoms with Crippen molar-refractivity contribution in [2.45, 2.75) is 6.92 Å². The first-order valence-corrected chi connectivity index (χ1v) is 13.3. The van der Waals surface area contributed by atoms with Gasteiger partial charge in [-0.25, -0.2) is 9.78 Å². The van der Waals surface area contributed by atoms with Gasteiger partial charge in [0.25, 0.3) is 0 Å². The van der Waals surface area contributed by atoms with E-state index in [0.29, 0.717) is 16.6 Å². The third kappa shape index (κ3) is 5.97. The average molecular weight is 524 g/mol. The van der Waals surface area contributed by atoms with Crippen molar-refractivity contribution in [1.29, 1.82) is 0 Å². The van der Waals surface area contributed by atoms with Crippen LogP contribution in [0, 0.1) is 0 Å². The maximum Gasteiger partial charge on any atom is 0.336 e. The molecule has 4 N–H and O–H groups in total. The summed E-state index contributed by atoms with van der Waals surface area (Å²) in [5.74, 6) is -1.31. The Kier molecular flexibility index (Phi) is 7.99. The Morgan fingerprint density at radius 1 is 0.941 bits per heavy atom. The number of hydrogen-bond donors (Lipinski definition) is 4. The topological polar surface area (TPSA) is 146 Å². The summed E-state index contributed by atoms with van der Waals surface area (Å²) in [5, 5.41) is 20.7. The number of nitrogens with zero attached hydrogens (tertiary/aromatic N) is 1. The quantitative estimate of drug-likeness (QED) is 0.177. The van der Waals surface area contributed by atoms with Crippen LogP contribution >= 0.6 is 0 Å². The molecule has 0 fully saturated rings. The molecule has 0 aliphatic rings. The molecule has 0 radical (unpaired) electrons. The molecule has 0 spiro atoms. The van der Waals surface area contributed by atoms with Crippen LogP contribution in [0.4, 0.5) is 5.69 Å². The number of carbonyl (C=O) groups excluding carboxylic acids is 1. The molecule has 0 saturated heterocycles. The van der Waals surface area contributed by atoms with E-state index in [1.165, 1.54) is 25.1 Å². The van der Waals surface area contributed by atoms with Crippen molar-refractivity contribution in [2.75, 3.05) is 5.32 Å². The number of benzene rings is 3. The molecule has 1 unspecified atom stereocenters. The second-order valence-electron chi connectivity index (χ2n) is 7.04. The monoisotopic (exact) mass is 524 g/mol. The van der Waals surface area contributed by atoms with Gasteiger partial charge in [0.1, 0.15) is 0 Å². The van der Waals surface area contributed by atoms with Gasteiger partial charge in [0.15, 0.2) is 0 Å². The number of aromatic carboxylic acids is 1.